The van der Waals surface area contributed by atoms with E-state index in [9.17, 15) is 8.42 Å². The van der Waals surface area contributed by atoms with Gasteiger partial charge in [0.05, 0.1) is 10.6 Å². The molecule has 0 fully saturated rings. The highest BCUT2D eigenvalue weighted by molar-refractivity contribution is 7.90. The summed E-state index contributed by atoms with van der Waals surface area (Å²) in [5.74, 6) is 2.41. The zero-order chi connectivity index (χ0) is 13.3. The Labute approximate surface area is 110 Å². The van der Waals surface area contributed by atoms with Crippen molar-refractivity contribution in [3.05, 3.63) is 28.8 Å². The minimum Gasteiger partial charge on any atom is -0.259 e. The van der Waals surface area contributed by atoms with E-state index in [-0.39, 0.29) is 17.3 Å². The predicted molar refractivity (Wildman–Crippen MR) is 67.7 cm³/mol. The molecule has 0 N–H and O–H groups in total. The number of amidine groups is 1. The van der Waals surface area contributed by atoms with Gasteiger partial charge < -0.3 is 0 Å². The number of benzene rings is 1. The fourth-order valence-electron chi connectivity index (χ4n) is 1.56. The molecule has 1 aliphatic rings. The predicted octanol–water partition coefficient (Wildman–Crippen LogP) is 1.29. The Kier molecular flexibility index (Phi) is 3.30. The smallest absolute Gasteiger partial charge is 0.259 e. The number of nitrogens with zero attached hydrogens (tertiary/aromatic N) is 2. The summed E-state index contributed by atoms with van der Waals surface area (Å²) in [4.78, 5) is 5.19. The zero-order valence-electron chi connectivity index (χ0n) is 9.42. The summed E-state index contributed by atoms with van der Waals surface area (Å²) in [5.41, 5.74) is 0.332. The minimum atomic E-state index is -3.72. The van der Waals surface area contributed by atoms with Gasteiger partial charge in [0.2, 0.25) is 0 Å². The van der Waals surface area contributed by atoms with Crippen LogP contribution in [-0.2, 0) is 14.9 Å². The molecular formula is C11H9ClN2O3S. The number of fused-ring (bicyclic) bond motifs is 1. The molecule has 1 aromatic carbocycles. The molecule has 0 saturated heterocycles. The van der Waals surface area contributed by atoms with Crippen LogP contribution in [0, 0.1) is 12.3 Å². The van der Waals surface area contributed by atoms with Crippen LogP contribution in [0.5, 0.6) is 0 Å². The lowest BCUT2D eigenvalue weighted by Gasteiger charge is -2.17. The van der Waals surface area contributed by atoms with E-state index in [4.69, 9.17) is 22.9 Å². The van der Waals surface area contributed by atoms with Gasteiger partial charge in [0, 0.05) is 7.05 Å². The lowest BCUT2D eigenvalue weighted by Crippen LogP contribution is -2.27. The third-order valence-electron chi connectivity index (χ3n) is 2.32. The number of sulfonamides is 1. The van der Waals surface area contributed by atoms with Gasteiger partial charge in [0.25, 0.3) is 10.0 Å². The average molecular weight is 285 g/mol. The summed E-state index contributed by atoms with van der Waals surface area (Å²) in [7, 11) is -2.20. The van der Waals surface area contributed by atoms with E-state index in [2.05, 4.69) is 10.3 Å². The Morgan fingerprint density at radius 3 is 2.94 bits per heavy atom. The van der Waals surface area contributed by atoms with Crippen LogP contribution in [0.25, 0.3) is 0 Å². The molecule has 1 aliphatic heterocycles. The second kappa shape index (κ2) is 4.61. The summed E-state index contributed by atoms with van der Waals surface area (Å²) in [6.45, 7) is 0.00928. The molecular weight excluding hydrogens is 276 g/mol. The first-order chi connectivity index (χ1) is 8.47. The Morgan fingerprint density at radius 1 is 1.56 bits per heavy atom. The van der Waals surface area contributed by atoms with Crippen molar-refractivity contribution in [2.24, 2.45) is 4.40 Å². The summed E-state index contributed by atoms with van der Waals surface area (Å²) < 4.78 is 27.3. The first kappa shape index (κ1) is 12.9. The van der Waals surface area contributed by atoms with E-state index in [1.807, 2.05) is 0 Å². The maximum Gasteiger partial charge on any atom is 0.285 e. The third kappa shape index (κ3) is 2.08. The molecule has 18 heavy (non-hydrogen) atoms. The van der Waals surface area contributed by atoms with Crippen LogP contribution in [0.4, 0.5) is 0 Å². The number of rotatable bonds is 2. The SMILES string of the molecule is C#CCON(C)C1=NS(=O)(=O)c2cccc(Cl)c21. The van der Waals surface area contributed by atoms with Gasteiger partial charge in [-0.15, -0.1) is 10.8 Å². The Morgan fingerprint density at radius 2 is 2.28 bits per heavy atom. The number of terminal acetylenes is 1. The second-order valence-electron chi connectivity index (χ2n) is 3.48. The van der Waals surface area contributed by atoms with Crippen LogP contribution >= 0.6 is 11.6 Å². The minimum absolute atomic E-state index is 0.00928. The van der Waals surface area contributed by atoms with E-state index >= 15 is 0 Å². The Bertz CT molecular complexity index is 661. The molecule has 1 heterocycles. The molecule has 0 aliphatic carbocycles. The maximum absolute atomic E-state index is 11.8. The molecule has 0 saturated carbocycles. The molecule has 0 atom stereocenters. The normalized spacial score (nSPS) is 15.7. The quantitative estimate of drug-likeness (QED) is 0.606. The second-order valence-corrected chi connectivity index (χ2v) is 5.46. The fraction of sp³-hybridized carbons (Fsp3) is 0.182. The highest BCUT2D eigenvalue weighted by Gasteiger charge is 2.33. The summed E-state index contributed by atoms with van der Waals surface area (Å²) >= 11 is 6.00. The summed E-state index contributed by atoms with van der Waals surface area (Å²) in [5, 5.41) is 1.50. The summed E-state index contributed by atoms with van der Waals surface area (Å²) in [6.07, 6.45) is 5.07. The van der Waals surface area contributed by atoms with Gasteiger partial charge in [-0.1, -0.05) is 23.6 Å². The van der Waals surface area contributed by atoms with E-state index in [1.54, 1.807) is 12.1 Å². The van der Waals surface area contributed by atoms with Crippen molar-refractivity contribution in [2.45, 2.75) is 4.90 Å². The first-order valence-corrected chi connectivity index (χ1v) is 6.73. The first-order valence-electron chi connectivity index (χ1n) is 4.91. The van der Waals surface area contributed by atoms with Gasteiger partial charge >= 0.3 is 0 Å². The van der Waals surface area contributed by atoms with Crippen molar-refractivity contribution in [1.82, 2.24) is 5.06 Å². The monoisotopic (exact) mass is 284 g/mol. The lowest BCUT2D eigenvalue weighted by molar-refractivity contribution is -0.0605. The fourth-order valence-corrected chi connectivity index (χ4v) is 3.11. The molecule has 94 valence electrons. The molecule has 0 bridgehead atoms. The van der Waals surface area contributed by atoms with E-state index in [0.717, 1.165) is 0 Å². The van der Waals surface area contributed by atoms with E-state index in [0.29, 0.717) is 10.6 Å². The molecule has 0 spiro atoms. The van der Waals surface area contributed by atoms with Crippen molar-refractivity contribution in [3.8, 4) is 12.3 Å². The van der Waals surface area contributed by atoms with Crippen LogP contribution in [-0.4, -0.2) is 33.0 Å². The molecule has 0 unspecified atom stereocenters. The van der Waals surface area contributed by atoms with Gasteiger partial charge in [-0.3, -0.25) is 4.84 Å². The maximum atomic E-state index is 11.8. The highest BCUT2D eigenvalue weighted by atomic mass is 35.5. The van der Waals surface area contributed by atoms with E-state index in [1.165, 1.54) is 18.2 Å². The van der Waals surface area contributed by atoms with Gasteiger partial charge in [-0.2, -0.15) is 8.42 Å². The Hall–Kier alpha value is -1.55. The standard InChI is InChI=1S/C11H9ClN2O3S/c1-3-7-17-14(2)11-10-8(12)5-4-6-9(10)18(15,16)13-11/h1,4-6H,7H2,2H3. The summed E-state index contributed by atoms with van der Waals surface area (Å²) in [6, 6.07) is 4.59. The van der Waals surface area contributed by atoms with Gasteiger partial charge in [0.15, 0.2) is 5.84 Å². The zero-order valence-corrected chi connectivity index (χ0v) is 11.0. The van der Waals surface area contributed by atoms with Crippen LogP contribution in [0.1, 0.15) is 5.56 Å². The molecule has 1 aromatic rings. The number of hydroxylamine groups is 2. The number of halogens is 1. The van der Waals surface area contributed by atoms with Crippen LogP contribution in [0.15, 0.2) is 27.5 Å². The molecule has 0 radical (unpaired) electrons. The molecule has 7 heteroatoms. The van der Waals surface area contributed by atoms with Gasteiger partial charge in [-0.25, -0.2) is 5.06 Å². The van der Waals surface area contributed by atoms with Crippen molar-refractivity contribution in [2.75, 3.05) is 13.7 Å². The molecule has 0 aromatic heterocycles. The van der Waals surface area contributed by atoms with Crippen molar-refractivity contribution < 1.29 is 13.3 Å². The van der Waals surface area contributed by atoms with Crippen molar-refractivity contribution in [1.29, 1.82) is 0 Å². The molecule has 5 nitrogen and oxygen atoms in total. The largest absolute Gasteiger partial charge is 0.285 e. The van der Waals surface area contributed by atoms with Crippen LogP contribution < -0.4 is 0 Å². The molecule has 2 rings (SSSR count). The van der Waals surface area contributed by atoms with Gasteiger partial charge in [-0.05, 0) is 12.1 Å². The number of hydrogen-bond donors (Lipinski definition) is 0. The lowest BCUT2D eigenvalue weighted by atomic mass is 10.2. The van der Waals surface area contributed by atoms with E-state index < -0.39 is 10.0 Å². The number of hydrogen-bond acceptors (Lipinski definition) is 4. The highest BCUT2D eigenvalue weighted by Crippen LogP contribution is 2.32. The van der Waals surface area contributed by atoms with Gasteiger partial charge in [0.1, 0.15) is 11.5 Å². The molecule has 0 amide bonds. The Balaban J connectivity index is 2.51. The van der Waals surface area contributed by atoms with Crippen LogP contribution in [0.3, 0.4) is 0 Å². The topological polar surface area (TPSA) is 59.0 Å². The van der Waals surface area contributed by atoms with Crippen molar-refractivity contribution >= 4 is 27.5 Å². The van der Waals surface area contributed by atoms with Crippen LogP contribution in [0.2, 0.25) is 5.02 Å². The third-order valence-corrected chi connectivity index (χ3v) is 3.95. The average Bonchev–Trinajstić information content (AvgIpc) is 2.60. The van der Waals surface area contributed by atoms with Crippen molar-refractivity contribution in [3.63, 3.8) is 0 Å².